The molecule has 7 nitrogen and oxygen atoms in total. The van der Waals surface area contributed by atoms with Crippen LogP contribution in [0.25, 0.3) is 0 Å². The first-order chi connectivity index (χ1) is 9.70. The molecule has 2 aromatic heterocycles. The number of hydrogen-bond donors (Lipinski definition) is 2. The molecule has 0 radical (unpaired) electrons. The maximum Gasteiger partial charge on any atom is 0.252 e. The molecule has 0 saturated carbocycles. The van der Waals surface area contributed by atoms with Gasteiger partial charge in [-0.1, -0.05) is 16.8 Å². The summed E-state index contributed by atoms with van der Waals surface area (Å²) >= 11 is 6.03. The van der Waals surface area contributed by atoms with Crippen molar-refractivity contribution >= 4 is 23.3 Å². The number of nitrogens with zero attached hydrogens (tertiary/aromatic N) is 3. The van der Waals surface area contributed by atoms with Crippen LogP contribution in [-0.2, 0) is 6.42 Å². The molecule has 2 N–H and O–H groups in total. The molecule has 2 heterocycles. The van der Waals surface area contributed by atoms with Crippen LogP contribution in [0.1, 0.15) is 23.1 Å². The molecule has 8 heteroatoms. The highest BCUT2D eigenvalue weighted by Gasteiger charge is 2.09. The number of amides is 1. The molecule has 2 rings (SSSR count). The summed E-state index contributed by atoms with van der Waals surface area (Å²) in [7, 11) is 0. The van der Waals surface area contributed by atoms with Gasteiger partial charge in [-0.15, -0.1) is 0 Å². The first-order valence-electron chi connectivity index (χ1n) is 6.13. The van der Waals surface area contributed by atoms with Crippen molar-refractivity contribution in [2.75, 3.05) is 18.4 Å². The SMILES string of the molecule is CCNc1ncc(C(=O)NCCc2ncon2)cc1Cl. The number of halogens is 1. The summed E-state index contributed by atoms with van der Waals surface area (Å²) in [5, 5.41) is 9.81. The Bertz CT molecular complexity index is 573. The third kappa shape index (κ3) is 3.67. The topological polar surface area (TPSA) is 92.9 Å². The van der Waals surface area contributed by atoms with E-state index in [0.717, 1.165) is 0 Å². The average Bonchev–Trinajstić information content (AvgIpc) is 2.94. The maximum absolute atomic E-state index is 11.9. The van der Waals surface area contributed by atoms with E-state index in [2.05, 4.69) is 30.3 Å². The van der Waals surface area contributed by atoms with Crippen molar-refractivity contribution in [3.05, 3.63) is 35.1 Å². The minimum absolute atomic E-state index is 0.244. The van der Waals surface area contributed by atoms with Gasteiger partial charge in [-0.3, -0.25) is 4.79 Å². The monoisotopic (exact) mass is 295 g/mol. The van der Waals surface area contributed by atoms with E-state index in [-0.39, 0.29) is 5.91 Å². The minimum Gasteiger partial charge on any atom is -0.369 e. The summed E-state index contributed by atoms with van der Waals surface area (Å²) in [5.74, 6) is 0.868. The van der Waals surface area contributed by atoms with Crippen LogP contribution in [0.15, 0.2) is 23.2 Å². The van der Waals surface area contributed by atoms with Crippen molar-refractivity contribution in [1.29, 1.82) is 0 Å². The second-order valence-corrected chi connectivity index (χ2v) is 4.35. The number of rotatable bonds is 6. The minimum atomic E-state index is -0.244. The van der Waals surface area contributed by atoms with Crippen LogP contribution in [0.5, 0.6) is 0 Å². The molecular formula is C12H14ClN5O2. The van der Waals surface area contributed by atoms with Gasteiger partial charge in [0, 0.05) is 25.7 Å². The zero-order chi connectivity index (χ0) is 14.4. The lowest BCUT2D eigenvalue weighted by Crippen LogP contribution is -2.26. The molecule has 0 atom stereocenters. The molecule has 106 valence electrons. The Labute approximate surface area is 120 Å². The van der Waals surface area contributed by atoms with E-state index in [1.807, 2.05) is 6.92 Å². The molecule has 0 spiro atoms. The molecule has 0 aliphatic carbocycles. The van der Waals surface area contributed by atoms with E-state index in [9.17, 15) is 4.79 Å². The molecular weight excluding hydrogens is 282 g/mol. The highest BCUT2D eigenvalue weighted by Crippen LogP contribution is 2.19. The fourth-order valence-corrected chi connectivity index (χ4v) is 1.79. The molecule has 20 heavy (non-hydrogen) atoms. The highest BCUT2D eigenvalue weighted by molar-refractivity contribution is 6.33. The van der Waals surface area contributed by atoms with Gasteiger partial charge in [0.1, 0.15) is 5.82 Å². The van der Waals surface area contributed by atoms with Crippen LogP contribution in [-0.4, -0.2) is 34.1 Å². The maximum atomic E-state index is 11.9. The van der Waals surface area contributed by atoms with Gasteiger partial charge in [-0.05, 0) is 13.0 Å². The van der Waals surface area contributed by atoms with Gasteiger partial charge in [-0.2, -0.15) is 4.98 Å². The van der Waals surface area contributed by atoms with Crippen LogP contribution in [0.4, 0.5) is 5.82 Å². The lowest BCUT2D eigenvalue weighted by Gasteiger charge is -2.07. The summed E-state index contributed by atoms with van der Waals surface area (Å²) < 4.78 is 4.60. The van der Waals surface area contributed by atoms with E-state index in [4.69, 9.17) is 11.6 Å². The van der Waals surface area contributed by atoms with Crippen LogP contribution in [0, 0.1) is 0 Å². The first-order valence-corrected chi connectivity index (χ1v) is 6.51. The summed E-state index contributed by atoms with van der Waals surface area (Å²) in [6.45, 7) is 3.06. The van der Waals surface area contributed by atoms with E-state index in [1.165, 1.54) is 12.6 Å². The molecule has 0 bridgehead atoms. The van der Waals surface area contributed by atoms with E-state index in [1.54, 1.807) is 6.07 Å². The number of hydrogen-bond acceptors (Lipinski definition) is 6. The number of pyridine rings is 1. The zero-order valence-electron chi connectivity index (χ0n) is 10.9. The number of nitrogens with one attached hydrogen (secondary N) is 2. The summed E-state index contributed by atoms with van der Waals surface area (Å²) in [6.07, 6.45) is 3.23. The van der Waals surface area contributed by atoms with Gasteiger partial charge in [0.15, 0.2) is 5.82 Å². The Balaban J connectivity index is 1.90. The molecule has 0 aliphatic rings. The number of carbonyl (C=O) groups excluding carboxylic acids is 1. The van der Waals surface area contributed by atoms with Crippen molar-refractivity contribution in [2.24, 2.45) is 0 Å². The fourth-order valence-electron chi connectivity index (χ4n) is 1.55. The number of anilines is 1. The van der Waals surface area contributed by atoms with Gasteiger partial charge >= 0.3 is 0 Å². The summed E-state index contributed by atoms with van der Waals surface area (Å²) in [4.78, 5) is 19.9. The van der Waals surface area contributed by atoms with Gasteiger partial charge in [0.2, 0.25) is 6.39 Å². The Morgan fingerprint density at radius 1 is 1.45 bits per heavy atom. The van der Waals surface area contributed by atoms with Gasteiger partial charge in [0.25, 0.3) is 5.91 Å². The Hall–Kier alpha value is -2.15. The third-order valence-corrected chi connectivity index (χ3v) is 2.78. The largest absolute Gasteiger partial charge is 0.369 e. The van der Waals surface area contributed by atoms with Crippen molar-refractivity contribution in [3.63, 3.8) is 0 Å². The molecule has 0 aliphatic heterocycles. The molecule has 2 aromatic rings. The Morgan fingerprint density at radius 3 is 2.95 bits per heavy atom. The second-order valence-electron chi connectivity index (χ2n) is 3.94. The lowest BCUT2D eigenvalue weighted by atomic mass is 10.2. The zero-order valence-corrected chi connectivity index (χ0v) is 11.6. The van der Waals surface area contributed by atoms with Crippen LogP contribution in [0.3, 0.4) is 0 Å². The fraction of sp³-hybridized carbons (Fsp3) is 0.333. The predicted octanol–water partition coefficient (Wildman–Crippen LogP) is 1.52. The summed E-state index contributed by atoms with van der Waals surface area (Å²) in [6, 6.07) is 1.58. The number of aromatic nitrogens is 3. The van der Waals surface area contributed by atoms with Crippen molar-refractivity contribution in [2.45, 2.75) is 13.3 Å². The van der Waals surface area contributed by atoms with Crippen molar-refractivity contribution in [3.8, 4) is 0 Å². The van der Waals surface area contributed by atoms with E-state index < -0.39 is 0 Å². The Kier molecular flexibility index (Phi) is 4.89. The van der Waals surface area contributed by atoms with E-state index in [0.29, 0.717) is 41.7 Å². The quantitative estimate of drug-likeness (QED) is 0.839. The van der Waals surface area contributed by atoms with Crippen LogP contribution < -0.4 is 10.6 Å². The lowest BCUT2D eigenvalue weighted by molar-refractivity contribution is 0.0953. The van der Waals surface area contributed by atoms with Crippen LogP contribution in [0.2, 0.25) is 5.02 Å². The second kappa shape index (κ2) is 6.85. The van der Waals surface area contributed by atoms with E-state index >= 15 is 0 Å². The normalized spacial score (nSPS) is 10.3. The first kappa shape index (κ1) is 14.3. The molecule has 0 saturated heterocycles. The molecule has 0 unspecified atom stereocenters. The van der Waals surface area contributed by atoms with Crippen molar-refractivity contribution < 1.29 is 9.32 Å². The van der Waals surface area contributed by atoms with Gasteiger partial charge in [0.05, 0.1) is 10.6 Å². The Morgan fingerprint density at radius 2 is 2.30 bits per heavy atom. The van der Waals surface area contributed by atoms with Gasteiger partial charge < -0.3 is 15.2 Å². The van der Waals surface area contributed by atoms with Crippen molar-refractivity contribution in [1.82, 2.24) is 20.4 Å². The third-order valence-electron chi connectivity index (χ3n) is 2.49. The number of carbonyl (C=O) groups is 1. The highest BCUT2D eigenvalue weighted by atomic mass is 35.5. The molecule has 0 aromatic carbocycles. The molecule has 1 amide bonds. The molecule has 0 fully saturated rings. The predicted molar refractivity (Wildman–Crippen MR) is 73.7 cm³/mol. The van der Waals surface area contributed by atoms with Gasteiger partial charge in [-0.25, -0.2) is 4.98 Å². The smallest absolute Gasteiger partial charge is 0.252 e. The average molecular weight is 296 g/mol. The summed E-state index contributed by atoms with van der Waals surface area (Å²) in [5.41, 5.74) is 0.407. The standard InChI is InChI=1S/C12H14ClN5O2/c1-2-14-11-9(13)5-8(6-16-11)12(19)15-4-3-10-17-7-20-18-10/h5-7H,2-4H2,1H3,(H,14,16)(H,15,19). The van der Waals surface area contributed by atoms with Crippen LogP contribution >= 0.6 is 11.6 Å².